The lowest BCUT2D eigenvalue weighted by Gasteiger charge is -1.95. The van der Waals surface area contributed by atoms with Crippen molar-refractivity contribution in [3.8, 4) is 17.5 Å². The molecule has 1 aromatic carbocycles. The number of nitrogens with zero attached hydrogens (tertiary/aromatic N) is 4. The molecule has 0 bridgehead atoms. The zero-order valence-corrected chi connectivity index (χ0v) is 9.22. The number of benzene rings is 1. The van der Waals surface area contributed by atoms with Crippen LogP contribution in [-0.4, -0.2) is 14.8 Å². The van der Waals surface area contributed by atoms with Gasteiger partial charge in [-0.25, -0.2) is 4.98 Å². The molecule has 2 aromatic rings. The Bertz CT molecular complexity index is 510. The summed E-state index contributed by atoms with van der Waals surface area (Å²) in [6.45, 7) is 0.567. The monoisotopic (exact) mass is 232 g/mol. The number of hydrogen-bond acceptors (Lipinski definition) is 3. The molecule has 80 valence electrons. The van der Waals surface area contributed by atoms with E-state index in [1.807, 2.05) is 12.1 Å². The second-order valence-electron chi connectivity index (χ2n) is 3.25. The maximum atomic E-state index is 8.46. The molecule has 0 saturated carbocycles. The van der Waals surface area contributed by atoms with E-state index in [0.29, 0.717) is 23.8 Å². The van der Waals surface area contributed by atoms with Crippen LogP contribution in [-0.2, 0) is 6.54 Å². The molecule has 0 aliphatic carbocycles. The number of aryl methyl sites for hydroxylation is 1. The highest BCUT2D eigenvalue weighted by molar-refractivity contribution is 6.30. The molecule has 16 heavy (non-hydrogen) atoms. The molecule has 4 nitrogen and oxygen atoms in total. The fourth-order valence-corrected chi connectivity index (χ4v) is 1.42. The fraction of sp³-hybridized carbons (Fsp3) is 0.182. The first-order chi connectivity index (χ1) is 7.79. The van der Waals surface area contributed by atoms with Crippen molar-refractivity contribution >= 4 is 11.6 Å². The van der Waals surface area contributed by atoms with Gasteiger partial charge in [0.1, 0.15) is 6.33 Å². The molecule has 0 amide bonds. The van der Waals surface area contributed by atoms with E-state index in [0.717, 1.165) is 5.56 Å². The minimum absolute atomic E-state index is 0.434. The van der Waals surface area contributed by atoms with Gasteiger partial charge in [-0.1, -0.05) is 11.6 Å². The number of halogens is 1. The van der Waals surface area contributed by atoms with Gasteiger partial charge in [-0.2, -0.15) is 10.4 Å². The highest BCUT2D eigenvalue weighted by Gasteiger charge is 2.03. The van der Waals surface area contributed by atoms with Crippen molar-refractivity contribution in [3.63, 3.8) is 0 Å². The molecule has 0 N–H and O–H groups in total. The van der Waals surface area contributed by atoms with Gasteiger partial charge in [-0.15, -0.1) is 0 Å². The summed E-state index contributed by atoms with van der Waals surface area (Å²) in [5.41, 5.74) is 0.917. The van der Waals surface area contributed by atoms with Gasteiger partial charge in [-0.3, -0.25) is 4.68 Å². The summed E-state index contributed by atoms with van der Waals surface area (Å²) in [6, 6.07) is 9.40. The molecule has 1 aromatic heterocycles. The average Bonchev–Trinajstić information content (AvgIpc) is 2.76. The van der Waals surface area contributed by atoms with Gasteiger partial charge in [0.2, 0.25) is 0 Å². The Morgan fingerprint density at radius 1 is 1.31 bits per heavy atom. The molecule has 0 spiro atoms. The summed E-state index contributed by atoms with van der Waals surface area (Å²) < 4.78 is 1.66. The molecule has 0 aliphatic rings. The average molecular weight is 233 g/mol. The van der Waals surface area contributed by atoms with Crippen LogP contribution in [0.15, 0.2) is 30.6 Å². The van der Waals surface area contributed by atoms with Crippen LogP contribution in [0, 0.1) is 11.3 Å². The third-order valence-corrected chi connectivity index (χ3v) is 2.34. The molecule has 0 aliphatic heterocycles. The van der Waals surface area contributed by atoms with E-state index in [-0.39, 0.29) is 0 Å². The van der Waals surface area contributed by atoms with Gasteiger partial charge in [0, 0.05) is 10.6 Å². The third kappa shape index (κ3) is 2.38. The van der Waals surface area contributed by atoms with Crippen LogP contribution in [0.2, 0.25) is 5.02 Å². The fourth-order valence-electron chi connectivity index (χ4n) is 1.30. The van der Waals surface area contributed by atoms with E-state index in [9.17, 15) is 0 Å². The Morgan fingerprint density at radius 3 is 2.75 bits per heavy atom. The van der Waals surface area contributed by atoms with Gasteiger partial charge in [0.05, 0.1) is 19.0 Å². The summed E-state index contributed by atoms with van der Waals surface area (Å²) in [5.74, 6) is 0.648. The van der Waals surface area contributed by atoms with E-state index in [1.54, 1.807) is 23.1 Å². The molecular weight excluding hydrogens is 224 g/mol. The van der Waals surface area contributed by atoms with Gasteiger partial charge in [0.25, 0.3) is 0 Å². The summed E-state index contributed by atoms with van der Waals surface area (Å²) in [6.07, 6.45) is 2.06. The maximum absolute atomic E-state index is 8.46. The van der Waals surface area contributed by atoms with Crippen molar-refractivity contribution in [1.29, 1.82) is 5.26 Å². The molecule has 0 atom stereocenters. The van der Waals surface area contributed by atoms with Crippen LogP contribution in [0.3, 0.4) is 0 Å². The van der Waals surface area contributed by atoms with Crippen LogP contribution >= 0.6 is 11.6 Å². The van der Waals surface area contributed by atoms with Gasteiger partial charge in [-0.05, 0) is 24.3 Å². The van der Waals surface area contributed by atoms with E-state index in [1.165, 1.54) is 0 Å². The largest absolute Gasteiger partial charge is 0.251 e. The summed E-state index contributed by atoms with van der Waals surface area (Å²) >= 11 is 5.79. The van der Waals surface area contributed by atoms with Crippen molar-refractivity contribution in [2.75, 3.05) is 0 Å². The third-order valence-electron chi connectivity index (χ3n) is 2.09. The van der Waals surface area contributed by atoms with E-state index >= 15 is 0 Å². The van der Waals surface area contributed by atoms with Gasteiger partial charge in [0.15, 0.2) is 5.82 Å². The van der Waals surface area contributed by atoms with Crippen molar-refractivity contribution in [1.82, 2.24) is 14.8 Å². The van der Waals surface area contributed by atoms with Crippen molar-refractivity contribution in [2.24, 2.45) is 0 Å². The molecule has 2 rings (SSSR count). The van der Waals surface area contributed by atoms with Crippen LogP contribution in [0.4, 0.5) is 0 Å². The molecule has 0 radical (unpaired) electrons. The van der Waals surface area contributed by atoms with Gasteiger partial charge < -0.3 is 0 Å². The zero-order valence-electron chi connectivity index (χ0n) is 8.47. The number of hydrogen-bond donors (Lipinski definition) is 0. The Labute approximate surface area is 98.1 Å². The number of nitriles is 1. The van der Waals surface area contributed by atoms with Crippen molar-refractivity contribution < 1.29 is 0 Å². The Hall–Kier alpha value is -1.86. The van der Waals surface area contributed by atoms with Crippen molar-refractivity contribution in [2.45, 2.75) is 13.0 Å². The van der Waals surface area contributed by atoms with E-state index in [2.05, 4.69) is 16.2 Å². The zero-order chi connectivity index (χ0) is 11.4. The standard InChI is InChI=1S/C11H9ClN4/c12-10-4-2-9(3-5-10)11-14-8-16(15-11)7-1-6-13/h2-5,8H,1,7H2. The van der Waals surface area contributed by atoms with Crippen LogP contribution in [0.5, 0.6) is 0 Å². The molecule has 0 fully saturated rings. The quantitative estimate of drug-likeness (QED) is 0.817. The lowest BCUT2D eigenvalue weighted by atomic mass is 10.2. The minimum Gasteiger partial charge on any atom is -0.251 e. The highest BCUT2D eigenvalue weighted by atomic mass is 35.5. The normalized spacial score (nSPS) is 10.0. The first-order valence-corrected chi connectivity index (χ1v) is 5.20. The lowest BCUT2D eigenvalue weighted by molar-refractivity contribution is 0.627. The number of rotatable bonds is 3. The smallest absolute Gasteiger partial charge is 0.181 e. The number of aromatic nitrogens is 3. The Kier molecular flexibility index (Phi) is 3.18. The van der Waals surface area contributed by atoms with Gasteiger partial charge >= 0.3 is 0 Å². The summed E-state index contributed by atoms with van der Waals surface area (Å²) in [7, 11) is 0. The lowest BCUT2D eigenvalue weighted by Crippen LogP contribution is -1.97. The molecule has 0 unspecified atom stereocenters. The highest BCUT2D eigenvalue weighted by Crippen LogP contribution is 2.17. The van der Waals surface area contributed by atoms with E-state index in [4.69, 9.17) is 16.9 Å². The molecule has 5 heteroatoms. The second kappa shape index (κ2) is 4.77. The molecular formula is C11H9ClN4. The van der Waals surface area contributed by atoms with E-state index < -0.39 is 0 Å². The van der Waals surface area contributed by atoms with Crippen LogP contribution in [0.25, 0.3) is 11.4 Å². The second-order valence-corrected chi connectivity index (χ2v) is 3.68. The summed E-state index contributed by atoms with van der Waals surface area (Å²) in [4.78, 5) is 4.17. The summed E-state index contributed by atoms with van der Waals surface area (Å²) in [5, 5.41) is 13.4. The predicted molar refractivity (Wildman–Crippen MR) is 60.7 cm³/mol. The predicted octanol–water partition coefficient (Wildman–Crippen LogP) is 2.51. The molecule has 1 heterocycles. The SMILES string of the molecule is N#CCCn1cnc(-c2ccc(Cl)cc2)n1. The van der Waals surface area contributed by atoms with Crippen LogP contribution < -0.4 is 0 Å². The minimum atomic E-state index is 0.434. The first kappa shape index (κ1) is 10.7. The first-order valence-electron chi connectivity index (χ1n) is 4.82. The Balaban J connectivity index is 2.18. The Morgan fingerprint density at radius 2 is 2.06 bits per heavy atom. The van der Waals surface area contributed by atoms with Crippen molar-refractivity contribution in [3.05, 3.63) is 35.6 Å². The maximum Gasteiger partial charge on any atom is 0.181 e. The van der Waals surface area contributed by atoms with Crippen LogP contribution in [0.1, 0.15) is 6.42 Å². The molecule has 0 saturated heterocycles. The topological polar surface area (TPSA) is 54.5 Å².